The Kier molecular flexibility index (Phi) is 5.58. The van der Waals surface area contributed by atoms with Crippen LogP contribution in [0.2, 0.25) is 0 Å². The molecule has 5 rings (SSSR count). The maximum Gasteiger partial charge on any atom is 0.328 e. The number of likely N-dealkylation sites (N-methyl/N-ethyl adjacent to an activating group) is 1. The van der Waals surface area contributed by atoms with Gasteiger partial charge in [0.25, 0.3) is 5.91 Å². The molecule has 3 aliphatic rings. The van der Waals surface area contributed by atoms with Gasteiger partial charge in [-0.1, -0.05) is 38.1 Å². The number of nitrogens with one attached hydrogen (secondary N) is 1. The molecule has 3 saturated heterocycles. The quantitative estimate of drug-likeness (QED) is 0.775. The molecule has 174 valence electrons. The van der Waals surface area contributed by atoms with E-state index in [1.165, 1.54) is 22.6 Å². The van der Waals surface area contributed by atoms with Gasteiger partial charge in [0.1, 0.15) is 24.3 Å². The molecule has 3 fully saturated rings. The van der Waals surface area contributed by atoms with Gasteiger partial charge in [-0.05, 0) is 47.7 Å². The van der Waals surface area contributed by atoms with E-state index in [-0.39, 0.29) is 30.6 Å². The van der Waals surface area contributed by atoms with E-state index in [1.54, 1.807) is 24.1 Å². The number of urea groups is 1. The van der Waals surface area contributed by atoms with Crippen LogP contribution < -0.4 is 10.2 Å². The number of fused-ring (bicyclic) bond motifs is 3. The molecule has 0 aromatic heterocycles. The number of nitrogens with zero attached hydrogens (tertiary/aromatic N) is 4. The van der Waals surface area contributed by atoms with Gasteiger partial charge in [-0.15, -0.1) is 0 Å². The number of aryl methyl sites for hydroxylation is 1. The fraction of sp³-hybridized carbons (Fsp3) is 0.440. The number of rotatable bonds is 4. The SMILES string of the molecule is CCc1ccc(N2CC(C)CN3C4C(=O)N(Cc5ccc(F)cc5)C(=O)N(C)C4NC23)cc1. The molecular weight excluding hydrogens is 421 g/mol. The minimum absolute atomic E-state index is 0.127. The maximum absolute atomic E-state index is 13.6. The highest BCUT2D eigenvalue weighted by atomic mass is 19.1. The molecule has 7 nitrogen and oxygen atoms in total. The fourth-order valence-corrected chi connectivity index (χ4v) is 5.26. The van der Waals surface area contributed by atoms with Crippen LogP contribution in [-0.4, -0.2) is 65.3 Å². The van der Waals surface area contributed by atoms with Crippen molar-refractivity contribution < 1.29 is 14.0 Å². The fourth-order valence-electron chi connectivity index (χ4n) is 5.26. The van der Waals surface area contributed by atoms with Gasteiger partial charge < -0.3 is 9.80 Å². The second kappa shape index (κ2) is 8.43. The number of hydrogen-bond acceptors (Lipinski definition) is 5. The van der Waals surface area contributed by atoms with Gasteiger partial charge in [0, 0.05) is 25.8 Å². The van der Waals surface area contributed by atoms with Gasteiger partial charge in [-0.3, -0.25) is 19.9 Å². The Hall–Kier alpha value is -2.97. The van der Waals surface area contributed by atoms with Crippen molar-refractivity contribution in [2.75, 3.05) is 25.0 Å². The van der Waals surface area contributed by atoms with Crippen LogP contribution in [0.5, 0.6) is 0 Å². The number of hydrogen-bond donors (Lipinski definition) is 1. The molecule has 3 amide bonds. The molecule has 3 aliphatic heterocycles. The van der Waals surface area contributed by atoms with Crippen molar-refractivity contribution in [2.45, 2.75) is 45.3 Å². The first kappa shape index (κ1) is 21.9. The molecule has 3 heterocycles. The molecule has 33 heavy (non-hydrogen) atoms. The predicted molar refractivity (Wildman–Crippen MR) is 124 cm³/mol. The topological polar surface area (TPSA) is 59.1 Å². The number of benzene rings is 2. The van der Waals surface area contributed by atoms with Gasteiger partial charge in [-0.2, -0.15) is 0 Å². The van der Waals surface area contributed by atoms with Crippen molar-refractivity contribution >= 4 is 17.6 Å². The molecule has 4 unspecified atom stereocenters. The first-order valence-electron chi connectivity index (χ1n) is 11.6. The van der Waals surface area contributed by atoms with Crippen LogP contribution >= 0.6 is 0 Å². The van der Waals surface area contributed by atoms with Crippen molar-refractivity contribution in [1.29, 1.82) is 0 Å². The Balaban J connectivity index is 1.43. The lowest BCUT2D eigenvalue weighted by Gasteiger charge is -2.46. The molecular formula is C25H30FN5O2. The summed E-state index contributed by atoms with van der Waals surface area (Å²) in [5, 5.41) is 3.55. The van der Waals surface area contributed by atoms with E-state index >= 15 is 0 Å². The van der Waals surface area contributed by atoms with Crippen molar-refractivity contribution in [3.63, 3.8) is 0 Å². The summed E-state index contributed by atoms with van der Waals surface area (Å²) in [7, 11) is 1.74. The number of carbonyl (C=O) groups is 2. The van der Waals surface area contributed by atoms with Crippen LogP contribution in [0.3, 0.4) is 0 Å². The highest BCUT2D eigenvalue weighted by molar-refractivity contribution is 6.00. The minimum Gasteiger partial charge on any atom is -0.343 e. The Morgan fingerprint density at radius 3 is 2.33 bits per heavy atom. The maximum atomic E-state index is 13.6. The minimum atomic E-state index is -0.474. The molecule has 2 aromatic rings. The van der Waals surface area contributed by atoms with E-state index in [2.05, 4.69) is 53.2 Å². The van der Waals surface area contributed by atoms with E-state index in [9.17, 15) is 14.0 Å². The third kappa shape index (κ3) is 3.77. The third-order valence-corrected chi connectivity index (χ3v) is 7.02. The normalized spacial score (nSPS) is 27.7. The largest absolute Gasteiger partial charge is 0.343 e. The lowest BCUT2D eigenvalue weighted by atomic mass is 10.0. The molecule has 1 N–H and O–H groups in total. The zero-order valence-corrected chi connectivity index (χ0v) is 19.2. The van der Waals surface area contributed by atoms with Crippen LogP contribution in [0.1, 0.15) is 25.0 Å². The van der Waals surface area contributed by atoms with Crippen LogP contribution in [0, 0.1) is 11.7 Å². The predicted octanol–water partition coefficient (Wildman–Crippen LogP) is 2.82. The molecule has 8 heteroatoms. The van der Waals surface area contributed by atoms with Gasteiger partial charge >= 0.3 is 6.03 Å². The number of anilines is 1. The summed E-state index contributed by atoms with van der Waals surface area (Å²) in [4.78, 5) is 34.1. The lowest BCUT2D eigenvalue weighted by molar-refractivity contribution is -0.139. The Labute approximate surface area is 193 Å². The highest BCUT2D eigenvalue weighted by Crippen LogP contribution is 2.35. The van der Waals surface area contributed by atoms with Gasteiger partial charge in [0.2, 0.25) is 0 Å². The van der Waals surface area contributed by atoms with E-state index in [0.717, 1.165) is 30.8 Å². The van der Waals surface area contributed by atoms with Crippen LogP contribution in [0.25, 0.3) is 0 Å². The Morgan fingerprint density at radius 2 is 1.67 bits per heavy atom. The van der Waals surface area contributed by atoms with Crippen molar-refractivity contribution in [1.82, 2.24) is 20.0 Å². The lowest BCUT2D eigenvalue weighted by Crippen LogP contribution is -2.66. The van der Waals surface area contributed by atoms with Crippen LogP contribution in [0.4, 0.5) is 14.9 Å². The number of amides is 3. The van der Waals surface area contributed by atoms with Gasteiger partial charge in [0.15, 0.2) is 0 Å². The summed E-state index contributed by atoms with van der Waals surface area (Å²) in [6.07, 6.45) is 0.413. The summed E-state index contributed by atoms with van der Waals surface area (Å²) in [6, 6.07) is 13.7. The molecule has 0 aliphatic carbocycles. The van der Waals surface area contributed by atoms with E-state index in [4.69, 9.17) is 0 Å². The first-order valence-corrected chi connectivity index (χ1v) is 11.6. The van der Waals surface area contributed by atoms with E-state index in [0.29, 0.717) is 5.92 Å². The number of carbonyl (C=O) groups excluding carboxylic acids is 2. The number of halogens is 1. The van der Waals surface area contributed by atoms with E-state index in [1.807, 2.05) is 0 Å². The molecule has 0 bridgehead atoms. The summed E-state index contributed by atoms with van der Waals surface area (Å²) >= 11 is 0. The zero-order chi connectivity index (χ0) is 23.3. The molecule has 0 spiro atoms. The monoisotopic (exact) mass is 451 g/mol. The van der Waals surface area contributed by atoms with E-state index < -0.39 is 12.2 Å². The third-order valence-electron chi connectivity index (χ3n) is 7.02. The second-order valence-electron chi connectivity index (χ2n) is 9.35. The Bertz CT molecular complexity index is 1040. The smallest absolute Gasteiger partial charge is 0.328 e. The average molecular weight is 452 g/mol. The van der Waals surface area contributed by atoms with Crippen molar-refractivity contribution in [3.05, 3.63) is 65.5 Å². The standard InChI is InChI=1S/C25H30FN5O2/c1-4-17-7-11-20(12-8-17)29-13-16(2)14-30-21-22(27-24(29)30)28(3)25(33)31(23(21)32)15-18-5-9-19(26)10-6-18/h5-12,16,21-22,24,27H,4,13-15H2,1-3H3. The average Bonchev–Trinajstić information content (AvgIpc) is 3.21. The summed E-state index contributed by atoms with van der Waals surface area (Å²) in [5.41, 5.74) is 3.10. The summed E-state index contributed by atoms with van der Waals surface area (Å²) in [6.45, 7) is 6.08. The molecule has 0 radical (unpaired) electrons. The van der Waals surface area contributed by atoms with Gasteiger partial charge in [-0.25, -0.2) is 9.18 Å². The first-order chi connectivity index (χ1) is 15.9. The zero-order valence-electron chi connectivity index (χ0n) is 19.2. The van der Waals surface area contributed by atoms with Crippen LogP contribution in [0.15, 0.2) is 48.5 Å². The Morgan fingerprint density at radius 1 is 1.00 bits per heavy atom. The molecule has 4 atom stereocenters. The summed E-state index contributed by atoms with van der Waals surface area (Å²) in [5.74, 6) is -0.198. The highest BCUT2D eigenvalue weighted by Gasteiger charge is 2.56. The molecule has 0 saturated carbocycles. The second-order valence-corrected chi connectivity index (χ2v) is 9.35. The van der Waals surface area contributed by atoms with Crippen molar-refractivity contribution in [3.8, 4) is 0 Å². The van der Waals surface area contributed by atoms with Crippen LogP contribution in [-0.2, 0) is 17.8 Å². The van der Waals surface area contributed by atoms with Gasteiger partial charge in [0.05, 0.1) is 6.54 Å². The van der Waals surface area contributed by atoms with Crippen molar-refractivity contribution in [2.24, 2.45) is 5.92 Å². The molecule has 2 aromatic carbocycles. The number of imide groups is 1. The summed E-state index contributed by atoms with van der Waals surface area (Å²) < 4.78 is 13.3.